The molecule has 0 atom stereocenters. The van der Waals surface area contributed by atoms with E-state index in [1.54, 1.807) is 0 Å². The summed E-state index contributed by atoms with van der Waals surface area (Å²) in [5.74, 6) is 0.610. The Morgan fingerprint density at radius 3 is 2.50 bits per heavy atom. The van der Waals surface area contributed by atoms with E-state index in [1.807, 2.05) is 0 Å². The molecule has 0 saturated heterocycles. The van der Waals surface area contributed by atoms with E-state index in [4.69, 9.17) is 0 Å². The molecular weight excluding hydrogens is 152 g/mol. The van der Waals surface area contributed by atoms with Crippen LogP contribution in [-0.4, -0.2) is 25.0 Å². The average Bonchev–Trinajstić information content (AvgIpc) is 2.85. The molecule has 2 rings (SSSR count). The molecule has 0 unspecified atom stereocenters. The third-order valence-electron chi connectivity index (χ3n) is 2.38. The van der Waals surface area contributed by atoms with E-state index in [0.29, 0.717) is 5.92 Å². The fourth-order valence-electron chi connectivity index (χ4n) is 1.24. The second kappa shape index (κ2) is 3.44. The largest absolute Gasteiger partial charge is 0.355 e. The number of carbonyl (C=O) groups excluding carboxylic acids is 1. The minimum Gasteiger partial charge on any atom is -0.355 e. The zero-order valence-corrected chi connectivity index (χ0v) is 7.31. The van der Waals surface area contributed by atoms with Crippen molar-refractivity contribution >= 4 is 5.91 Å². The molecule has 0 radical (unpaired) electrons. The van der Waals surface area contributed by atoms with Crippen LogP contribution in [0, 0.1) is 5.92 Å². The molecule has 0 heterocycles. The first-order valence-electron chi connectivity index (χ1n) is 4.87. The molecule has 2 fully saturated rings. The Kier molecular flexibility index (Phi) is 2.30. The molecule has 0 bridgehead atoms. The third-order valence-corrected chi connectivity index (χ3v) is 2.38. The summed E-state index contributed by atoms with van der Waals surface area (Å²) >= 11 is 0. The van der Waals surface area contributed by atoms with Crippen LogP contribution >= 0.6 is 0 Å². The second-order valence-electron chi connectivity index (χ2n) is 3.79. The van der Waals surface area contributed by atoms with Crippen molar-refractivity contribution in [1.82, 2.24) is 10.6 Å². The minimum absolute atomic E-state index is 0.257. The van der Waals surface area contributed by atoms with Gasteiger partial charge in [-0.05, 0) is 25.7 Å². The lowest BCUT2D eigenvalue weighted by molar-refractivity contribution is -0.122. The predicted octanol–water partition coefficient (Wildman–Crippen LogP) is 0.265. The Morgan fingerprint density at radius 2 is 1.92 bits per heavy atom. The highest BCUT2D eigenvalue weighted by Gasteiger charge is 2.29. The quantitative estimate of drug-likeness (QED) is 0.578. The Morgan fingerprint density at radius 1 is 1.17 bits per heavy atom. The van der Waals surface area contributed by atoms with Crippen molar-refractivity contribution in [2.24, 2.45) is 5.92 Å². The van der Waals surface area contributed by atoms with Crippen molar-refractivity contribution in [2.75, 3.05) is 13.1 Å². The topological polar surface area (TPSA) is 41.1 Å². The lowest BCUT2D eigenvalue weighted by atomic mass is 10.4. The SMILES string of the molecule is O=C(NCCNC1CC1)C1CC1. The van der Waals surface area contributed by atoms with Gasteiger partial charge < -0.3 is 10.6 Å². The number of rotatable bonds is 5. The Hall–Kier alpha value is -0.570. The lowest BCUT2D eigenvalue weighted by Crippen LogP contribution is -2.33. The van der Waals surface area contributed by atoms with Gasteiger partial charge >= 0.3 is 0 Å². The monoisotopic (exact) mass is 168 g/mol. The smallest absolute Gasteiger partial charge is 0.223 e. The Balaban J connectivity index is 1.46. The van der Waals surface area contributed by atoms with E-state index in [0.717, 1.165) is 32.0 Å². The molecule has 0 aromatic carbocycles. The number of nitrogens with one attached hydrogen (secondary N) is 2. The van der Waals surface area contributed by atoms with Crippen LogP contribution in [0.15, 0.2) is 0 Å². The molecule has 0 aromatic heterocycles. The predicted molar refractivity (Wildman–Crippen MR) is 46.8 cm³/mol. The van der Waals surface area contributed by atoms with Crippen LogP contribution in [0.2, 0.25) is 0 Å². The highest BCUT2D eigenvalue weighted by Crippen LogP contribution is 2.28. The van der Waals surface area contributed by atoms with Gasteiger partial charge in [-0.25, -0.2) is 0 Å². The first-order chi connectivity index (χ1) is 5.86. The molecule has 68 valence electrons. The van der Waals surface area contributed by atoms with Gasteiger partial charge in [-0.3, -0.25) is 4.79 Å². The van der Waals surface area contributed by atoms with Crippen molar-refractivity contribution in [3.8, 4) is 0 Å². The standard InChI is InChI=1S/C9H16N2O/c12-9(7-1-2-7)11-6-5-10-8-3-4-8/h7-8,10H,1-6H2,(H,11,12). The maximum absolute atomic E-state index is 11.1. The first kappa shape index (κ1) is 8.05. The molecule has 2 aliphatic rings. The van der Waals surface area contributed by atoms with Gasteiger partial charge in [0.2, 0.25) is 5.91 Å². The highest BCUT2D eigenvalue weighted by atomic mass is 16.2. The summed E-state index contributed by atoms with van der Waals surface area (Å²) in [6.45, 7) is 1.73. The molecule has 0 spiro atoms. The Labute approximate surface area is 72.9 Å². The van der Waals surface area contributed by atoms with Crippen LogP contribution in [0.4, 0.5) is 0 Å². The minimum atomic E-state index is 0.257. The van der Waals surface area contributed by atoms with Crippen molar-refractivity contribution in [3.05, 3.63) is 0 Å². The van der Waals surface area contributed by atoms with E-state index in [1.165, 1.54) is 12.8 Å². The summed E-state index contributed by atoms with van der Waals surface area (Å²) in [6, 6.07) is 0.753. The van der Waals surface area contributed by atoms with Gasteiger partial charge in [0.25, 0.3) is 0 Å². The van der Waals surface area contributed by atoms with Gasteiger partial charge in [0.05, 0.1) is 0 Å². The molecule has 3 nitrogen and oxygen atoms in total. The van der Waals surface area contributed by atoms with E-state index in [9.17, 15) is 4.79 Å². The number of amides is 1. The van der Waals surface area contributed by atoms with Crippen molar-refractivity contribution in [1.29, 1.82) is 0 Å². The van der Waals surface area contributed by atoms with Crippen LogP contribution in [-0.2, 0) is 4.79 Å². The lowest BCUT2D eigenvalue weighted by Gasteiger charge is -2.04. The van der Waals surface area contributed by atoms with Gasteiger partial charge in [-0.1, -0.05) is 0 Å². The van der Waals surface area contributed by atoms with E-state index >= 15 is 0 Å². The number of hydrogen-bond donors (Lipinski definition) is 2. The Bertz CT molecular complexity index is 173. The molecule has 3 heteroatoms. The molecular formula is C9H16N2O. The molecule has 2 saturated carbocycles. The van der Waals surface area contributed by atoms with Gasteiger partial charge in [0.1, 0.15) is 0 Å². The fraction of sp³-hybridized carbons (Fsp3) is 0.889. The van der Waals surface area contributed by atoms with Crippen LogP contribution in [0.1, 0.15) is 25.7 Å². The fourth-order valence-corrected chi connectivity index (χ4v) is 1.24. The molecule has 0 aliphatic heterocycles. The summed E-state index contributed by atoms with van der Waals surface area (Å²) in [7, 11) is 0. The van der Waals surface area contributed by atoms with Crippen LogP contribution in [0.3, 0.4) is 0 Å². The summed E-state index contributed by atoms with van der Waals surface area (Å²) in [6.07, 6.45) is 4.83. The first-order valence-corrected chi connectivity index (χ1v) is 4.87. The van der Waals surface area contributed by atoms with Gasteiger partial charge in [0, 0.05) is 25.0 Å². The average molecular weight is 168 g/mol. The highest BCUT2D eigenvalue weighted by molar-refractivity contribution is 5.80. The molecule has 0 aromatic rings. The van der Waals surface area contributed by atoms with Gasteiger partial charge in [0.15, 0.2) is 0 Å². The summed E-state index contributed by atoms with van der Waals surface area (Å²) in [4.78, 5) is 11.1. The van der Waals surface area contributed by atoms with Crippen LogP contribution in [0.25, 0.3) is 0 Å². The maximum Gasteiger partial charge on any atom is 0.223 e. The summed E-state index contributed by atoms with van der Waals surface area (Å²) < 4.78 is 0. The second-order valence-corrected chi connectivity index (χ2v) is 3.79. The zero-order valence-electron chi connectivity index (χ0n) is 7.31. The third kappa shape index (κ3) is 2.48. The normalized spacial score (nSPS) is 22.3. The van der Waals surface area contributed by atoms with Gasteiger partial charge in [-0.15, -0.1) is 0 Å². The summed E-state index contributed by atoms with van der Waals surface area (Å²) in [5.41, 5.74) is 0. The molecule has 2 N–H and O–H groups in total. The number of hydrogen-bond acceptors (Lipinski definition) is 2. The van der Waals surface area contributed by atoms with E-state index in [-0.39, 0.29) is 5.91 Å². The van der Waals surface area contributed by atoms with Gasteiger partial charge in [-0.2, -0.15) is 0 Å². The van der Waals surface area contributed by atoms with E-state index in [2.05, 4.69) is 10.6 Å². The van der Waals surface area contributed by atoms with Crippen LogP contribution in [0.5, 0.6) is 0 Å². The van der Waals surface area contributed by atoms with Crippen LogP contribution < -0.4 is 10.6 Å². The maximum atomic E-state index is 11.1. The van der Waals surface area contributed by atoms with E-state index < -0.39 is 0 Å². The number of carbonyl (C=O) groups is 1. The molecule has 1 amide bonds. The summed E-state index contributed by atoms with van der Waals surface area (Å²) in [5, 5.41) is 6.28. The van der Waals surface area contributed by atoms with Crippen molar-refractivity contribution in [2.45, 2.75) is 31.7 Å². The molecule has 12 heavy (non-hydrogen) atoms. The van der Waals surface area contributed by atoms with Crippen molar-refractivity contribution in [3.63, 3.8) is 0 Å². The molecule has 2 aliphatic carbocycles. The van der Waals surface area contributed by atoms with Crippen molar-refractivity contribution < 1.29 is 4.79 Å². The zero-order chi connectivity index (χ0) is 8.39.